The van der Waals surface area contributed by atoms with Crippen LogP contribution in [0.5, 0.6) is 0 Å². The van der Waals surface area contributed by atoms with Gasteiger partial charge >= 0.3 is 0 Å². The predicted octanol–water partition coefficient (Wildman–Crippen LogP) is 3.54. The molecule has 0 radical (unpaired) electrons. The summed E-state index contributed by atoms with van der Waals surface area (Å²) in [4.78, 5) is 0. The zero-order chi connectivity index (χ0) is 13.2. The molecule has 1 aliphatic rings. The van der Waals surface area contributed by atoms with Crippen LogP contribution in [-0.2, 0) is 6.42 Å². The molecule has 3 rings (SSSR count). The van der Waals surface area contributed by atoms with Gasteiger partial charge in [0.1, 0.15) is 0 Å². The Morgan fingerprint density at radius 1 is 1.16 bits per heavy atom. The lowest BCUT2D eigenvalue weighted by atomic mass is 10.0. The van der Waals surface area contributed by atoms with Crippen LogP contribution in [0.15, 0.2) is 42.5 Å². The molecular formula is C18H17N. The molecule has 0 aliphatic heterocycles. The lowest BCUT2D eigenvalue weighted by molar-refractivity contribution is 0.623. The van der Waals surface area contributed by atoms with E-state index in [1.165, 1.54) is 27.8 Å². The van der Waals surface area contributed by atoms with Gasteiger partial charge in [-0.25, -0.2) is 0 Å². The summed E-state index contributed by atoms with van der Waals surface area (Å²) < 4.78 is 0. The van der Waals surface area contributed by atoms with Gasteiger partial charge in [0.15, 0.2) is 0 Å². The zero-order valence-electron chi connectivity index (χ0n) is 11.1. The second kappa shape index (κ2) is 4.91. The molecule has 1 atom stereocenters. The maximum absolute atomic E-state index is 5.29. The summed E-state index contributed by atoms with van der Waals surface area (Å²) in [6.45, 7) is 2.76. The lowest BCUT2D eigenvalue weighted by Crippen LogP contribution is -2.18. The number of rotatable bonds is 3. The van der Waals surface area contributed by atoms with Gasteiger partial charge in [0.2, 0.25) is 0 Å². The summed E-state index contributed by atoms with van der Waals surface area (Å²) in [6, 6.07) is 15.7. The van der Waals surface area contributed by atoms with Gasteiger partial charge in [0.25, 0.3) is 0 Å². The minimum Gasteiger partial charge on any atom is -0.300 e. The first-order valence-electron chi connectivity index (χ1n) is 6.67. The van der Waals surface area contributed by atoms with E-state index >= 15 is 0 Å². The summed E-state index contributed by atoms with van der Waals surface area (Å²) in [5.41, 5.74) is 6.92. The summed E-state index contributed by atoms with van der Waals surface area (Å²) in [6.07, 6.45) is 6.33. The van der Waals surface area contributed by atoms with Crippen molar-refractivity contribution in [2.45, 2.75) is 19.4 Å². The fourth-order valence-electron chi connectivity index (χ4n) is 2.76. The van der Waals surface area contributed by atoms with E-state index in [-0.39, 0.29) is 0 Å². The zero-order valence-corrected chi connectivity index (χ0v) is 11.1. The fraction of sp³-hybridized carbons (Fsp3) is 0.222. The first-order chi connectivity index (χ1) is 9.29. The van der Waals surface area contributed by atoms with E-state index in [1.807, 2.05) is 0 Å². The van der Waals surface area contributed by atoms with Crippen molar-refractivity contribution in [2.75, 3.05) is 6.54 Å². The fourth-order valence-corrected chi connectivity index (χ4v) is 2.76. The second-order valence-corrected chi connectivity index (χ2v) is 5.06. The Bertz CT molecular complexity index is 649. The third-order valence-electron chi connectivity index (χ3n) is 3.83. The van der Waals surface area contributed by atoms with E-state index in [9.17, 15) is 0 Å². The van der Waals surface area contributed by atoms with E-state index in [0.717, 1.165) is 6.42 Å². The molecule has 0 heterocycles. The summed E-state index contributed by atoms with van der Waals surface area (Å²) >= 11 is 0. The number of fused-ring (bicyclic) bond motifs is 3. The molecule has 94 valence electrons. The standard InChI is InChI=1S/C18H17N/c1-3-10-19-13(2)14-8-9-18-16(11-14)12-15-6-4-5-7-17(15)18/h1,4-9,11,13,19H,10,12H2,2H3. The summed E-state index contributed by atoms with van der Waals surface area (Å²) in [5.74, 6) is 2.62. The van der Waals surface area contributed by atoms with E-state index in [0.29, 0.717) is 12.6 Å². The van der Waals surface area contributed by atoms with Crippen molar-refractivity contribution in [1.82, 2.24) is 5.32 Å². The molecule has 0 saturated heterocycles. The highest BCUT2D eigenvalue weighted by atomic mass is 14.9. The number of nitrogens with one attached hydrogen (secondary N) is 1. The van der Waals surface area contributed by atoms with Crippen molar-refractivity contribution >= 4 is 0 Å². The van der Waals surface area contributed by atoms with Gasteiger partial charge in [-0.3, -0.25) is 5.32 Å². The molecule has 0 bridgehead atoms. The van der Waals surface area contributed by atoms with Crippen molar-refractivity contribution in [3.63, 3.8) is 0 Å². The molecule has 1 unspecified atom stereocenters. The van der Waals surface area contributed by atoms with Crippen LogP contribution >= 0.6 is 0 Å². The Kier molecular flexibility index (Phi) is 3.11. The average molecular weight is 247 g/mol. The van der Waals surface area contributed by atoms with E-state index in [1.54, 1.807) is 0 Å². The monoisotopic (exact) mass is 247 g/mol. The third kappa shape index (κ3) is 2.16. The van der Waals surface area contributed by atoms with Gasteiger partial charge in [0.05, 0.1) is 6.54 Å². The maximum Gasteiger partial charge on any atom is 0.0578 e. The van der Waals surface area contributed by atoms with Gasteiger partial charge in [-0.2, -0.15) is 0 Å². The first kappa shape index (κ1) is 12.0. The maximum atomic E-state index is 5.29. The molecule has 1 nitrogen and oxygen atoms in total. The molecule has 2 aromatic rings. The summed E-state index contributed by atoms with van der Waals surface area (Å²) in [5, 5.41) is 3.32. The number of hydrogen-bond donors (Lipinski definition) is 1. The van der Waals surface area contributed by atoms with Crippen molar-refractivity contribution in [2.24, 2.45) is 0 Å². The highest BCUT2D eigenvalue weighted by Gasteiger charge is 2.18. The molecule has 1 aliphatic carbocycles. The van der Waals surface area contributed by atoms with E-state index in [4.69, 9.17) is 6.42 Å². The van der Waals surface area contributed by atoms with Crippen molar-refractivity contribution in [3.05, 3.63) is 59.2 Å². The van der Waals surface area contributed by atoms with Crippen molar-refractivity contribution in [1.29, 1.82) is 0 Å². The minimum atomic E-state index is 0.296. The third-order valence-corrected chi connectivity index (χ3v) is 3.83. The largest absolute Gasteiger partial charge is 0.300 e. The topological polar surface area (TPSA) is 12.0 Å². The van der Waals surface area contributed by atoms with Crippen LogP contribution in [0.25, 0.3) is 11.1 Å². The molecule has 0 amide bonds. The SMILES string of the molecule is C#CCNC(C)c1ccc2c(c1)Cc1ccccc1-2. The Hall–Kier alpha value is -2.04. The molecule has 0 fully saturated rings. The molecule has 2 aromatic carbocycles. The van der Waals surface area contributed by atoms with Crippen LogP contribution in [-0.4, -0.2) is 6.54 Å². The van der Waals surface area contributed by atoms with Gasteiger partial charge < -0.3 is 0 Å². The van der Waals surface area contributed by atoms with Crippen LogP contribution in [0.4, 0.5) is 0 Å². The first-order valence-corrected chi connectivity index (χ1v) is 6.67. The lowest BCUT2D eigenvalue weighted by Gasteiger charge is -2.13. The van der Waals surface area contributed by atoms with Crippen LogP contribution in [0.1, 0.15) is 29.7 Å². The van der Waals surface area contributed by atoms with Crippen molar-refractivity contribution < 1.29 is 0 Å². The quantitative estimate of drug-likeness (QED) is 0.698. The van der Waals surface area contributed by atoms with E-state index < -0.39 is 0 Å². The Morgan fingerprint density at radius 2 is 1.95 bits per heavy atom. The number of hydrogen-bond acceptors (Lipinski definition) is 1. The van der Waals surface area contributed by atoms with Crippen LogP contribution < -0.4 is 5.32 Å². The highest BCUT2D eigenvalue weighted by molar-refractivity contribution is 5.76. The van der Waals surface area contributed by atoms with Crippen LogP contribution in [0.3, 0.4) is 0 Å². The molecule has 0 spiro atoms. The molecule has 1 N–H and O–H groups in total. The normalized spacial score (nSPS) is 13.5. The smallest absolute Gasteiger partial charge is 0.0578 e. The predicted molar refractivity (Wildman–Crippen MR) is 79.9 cm³/mol. The van der Waals surface area contributed by atoms with Crippen molar-refractivity contribution in [3.8, 4) is 23.5 Å². The number of benzene rings is 2. The molecular weight excluding hydrogens is 230 g/mol. The van der Waals surface area contributed by atoms with Crippen LogP contribution in [0, 0.1) is 12.3 Å². The highest BCUT2D eigenvalue weighted by Crippen LogP contribution is 2.37. The second-order valence-electron chi connectivity index (χ2n) is 5.06. The molecule has 1 heteroatoms. The summed E-state index contributed by atoms with van der Waals surface area (Å²) in [7, 11) is 0. The Morgan fingerprint density at radius 3 is 2.79 bits per heavy atom. The Balaban J connectivity index is 1.91. The molecule has 0 saturated carbocycles. The molecule has 19 heavy (non-hydrogen) atoms. The molecule has 0 aromatic heterocycles. The van der Waals surface area contributed by atoms with Gasteiger partial charge in [-0.05, 0) is 41.2 Å². The Labute approximate surface area is 114 Å². The number of terminal acetylenes is 1. The van der Waals surface area contributed by atoms with E-state index in [2.05, 4.69) is 60.6 Å². The average Bonchev–Trinajstić information content (AvgIpc) is 2.82. The minimum absolute atomic E-state index is 0.296. The van der Waals surface area contributed by atoms with Crippen LogP contribution in [0.2, 0.25) is 0 Å². The van der Waals surface area contributed by atoms with Gasteiger partial charge in [-0.1, -0.05) is 48.4 Å². The van der Waals surface area contributed by atoms with Gasteiger partial charge in [0, 0.05) is 6.04 Å². The van der Waals surface area contributed by atoms with Gasteiger partial charge in [-0.15, -0.1) is 6.42 Å².